The normalized spacial score (nSPS) is 10.2. The van der Waals surface area contributed by atoms with Crippen LogP contribution >= 0.6 is 11.8 Å². The van der Waals surface area contributed by atoms with Crippen LogP contribution in [0.25, 0.3) is 0 Å². The number of nitrogens with zero attached hydrogens (tertiary/aromatic N) is 1. The second kappa shape index (κ2) is 5.68. The Hall–Kier alpha value is -1.55. The van der Waals surface area contributed by atoms with Gasteiger partial charge in [-0.2, -0.15) is 0 Å². The lowest BCUT2D eigenvalue weighted by Gasteiger charge is -2.07. The highest BCUT2D eigenvalue weighted by atomic mass is 32.2. The first-order chi connectivity index (χ1) is 8.29. The van der Waals surface area contributed by atoms with Gasteiger partial charge in [0.15, 0.2) is 0 Å². The molecular formula is C13H13FN2S. The van der Waals surface area contributed by atoms with Crippen molar-refractivity contribution in [1.29, 1.82) is 0 Å². The smallest absolute Gasteiger partial charge is 0.129 e. The van der Waals surface area contributed by atoms with E-state index in [2.05, 4.69) is 10.3 Å². The lowest BCUT2D eigenvalue weighted by molar-refractivity contribution is 0.626. The second-order valence-electron chi connectivity index (χ2n) is 3.50. The van der Waals surface area contributed by atoms with E-state index in [1.807, 2.05) is 19.2 Å². The van der Waals surface area contributed by atoms with Crippen molar-refractivity contribution in [3.05, 3.63) is 54.0 Å². The van der Waals surface area contributed by atoms with Crippen LogP contribution in [0.15, 0.2) is 47.5 Å². The Morgan fingerprint density at radius 2 is 2.00 bits per heavy atom. The predicted octanol–water partition coefficient (Wildman–Crippen LogP) is 3.55. The Kier molecular flexibility index (Phi) is 3.98. The number of pyridine rings is 1. The standard InChI is InChI=1S/C13H13FN2S/c1-15-13-10(3-2-8-16-13)9-17-12-6-4-11(14)5-7-12/h2-8H,9H2,1H3,(H,15,16). The summed E-state index contributed by atoms with van der Waals surface area (Å²) in [6, 6.07) is 10.5. The largest absolute Gasteiger partial charge is 0.373 e. The Bertz CT molecular complexity index is 485. The topological polar surface area (TPSA) is 24.9 Å². The van der Waals surface area contributed by atoms with Gasteiger partial charge in [-0.05, 0) is 30.3 Å². The lowest BCUT2D eigenvalue weighted by Crippen LogP contribution is -1.96. The summed E-state index contributed by atoms with van der Waals surface area (Å²) in [6.45, 7) is 0. The third kappa shape index (κ3) is 3.20. The molecule has 0 spiro atoms. The molecule has 1 heterocycles. The van der Waals surface area contributed by atoms with Crippen molar-refractivity contribution in [3.63, 3.8) is 0 Å². The molecule has 0 unspecified atom stereocenters. The van der Waals surface area contributed by atoms with Crippen LogP contribution in [-0.4, -0.2) is 12.0 Å². The molecule has 2 nitrogen and oxygen atoms in total. The van der Waals surface area contributed by atoms with Gasteiger partial charge in [0.2, 0.25) is 0 Å². The Balaban J connectivity index is 2.04. The maximum absolute atomic E-state index is 12.7. The Morgan fingerprint density at radius 1 is 1.24 bits per heavy atom. The lowest BCUT2D eigenvalue weighted by atomic mass is 10.3. The minimum absolute atomic E-state index is 0.202. The average molecular weight is 248 g/mol. The maximum Gasteiger partial charge on any atom is 0.129 e. The van der Waals surface area contributed by atoms with E-state index >= 15 is 0 Å². The van der Waals surface area contributed by atoms with Crippen molar-refractivity contribution in [2.24, 2.45) is 0 Å². The molecule has 0 aliphatic heterocycles. The highest BCUT2D eigenvalue weighted by Crippen LogP contribution is 2.25. The number of nitrogens with one attached hydrogen (secondary N) is 1. The molecule has 0 bridgehead atoms. The molecule has 0 aliphatic rings. The SMILES string of the molecule is CNc1ncccc1CSc1ccc(F)cc1. The number of hydrogen-bond donors (Lipinski definition) is 1. The minimum atomic E-state index is -0.202. The molecule has 1 N–H and O–H groups in total. The van der Waals surface area contributed by atoms with Gasteiger partial charge in [0.05, 0.1) is 0 Å². The molecule has 0 fully saturated rings. The van der Waals surface area contributed by atoms with Crippen LogP contribution in [0.1, 0.15) is 5.56 Å². The summed E-state index contributed by atoms with van der Waals surface area (Å²) in [5.74, 6) is 1.50. The Morgan fingerprint density at radius 3 is 2.71 bits per heavy atom. The molecule has 0 saturated heterocycles. The third-order valence-corrected chi connectivity index (χ3v) is 3.40. The Labute approximate surface area is 104 Å². The minimum Gasteiger partial charge on any atom is -0.373 e. The van der Waals surface area contributed by atoms with Gasteiger partial charge in [-0.3, -0.25) is 0 Å². The molecular weight excluding hydrogens is 235 g/mol. The van der Waals surface area contributed by atoms with Gasteiger partial charge in [-0.15, -0.1) is 11.8 Å². The van der Waals surface area contributed by atoms with Crippen LogP contribution in [0.4, 0.5) is 10.2 Å². The first-order valence-electron chi connectivity index (χ1n) is 5.29. The first-order valence-corrected chi connectivity index (χ1v) is 6.28. The van der Waals surface area contributed by atoms with E-state index in [0.29, 0.717) is 0 Å². The highest BCUT2D eigenvalue weighted by Gasteiger charge is 2.02. The maximum atomic E-state index is 12.7. The quantitative estimate of drug-likeness (QED) is 0.837. The molecule has 17 heavy (non-hydrogen) atoms. The van der Waals surface area contributed by atoms with E-state index in [4.69, 9.17) is 0 Å². The zero-order valence-corrected chi connectivity index (χ0v) is 10.3. The molecule has 1 aromatic heterocycles. The van der Waals surface area contributed by atoms with Crippen molar-refractivity contribution >= 4 is 17.6 Å². The van der Waals surface area contributed by atoms with Gasteiger partial charge in [0, 0.05) is 29.5 Å². The first kappa shape index (κ1) is 11.9. The van der Waals surface area contributed by atoms with Gasteiger partial charge < -0.3 is 5.32 Å². The van der Waals surface area contributed by atoms with Crippen molar-refractivity contribution in [1.82, 2.24) is 4.98 Å². The zero-order valence-electron chi connectivity index (χ0n) is 9.48. The van der Waals surface area contributed by atoms with Crippen LogP contribution in [0.3, 0.4) is 0 Å². The average Bonchev–Trinajstić information content (AvgIpc) is 2.38. The molecule has 88 valence electrons. The number of benzene rings is 1. The predicted molar refractivity (Wildman–Crippen MR) is 69.7 cm³/mol. The summed E-state index contributed by atoms with van der Waals surface area (Å²) >= 11 is 1.67. The van der Waals surface area contributed by atoms with E-state index in [9.17, 15) is 4.39 Å². The van der Waals surface area contributed by atoms with E-state index < -0.39 is 0 Å². The number of rotatable bonds is 4. The van der Waals surface area contributed by atoms with Crippen LogP contribution in [-0.2, 0) is 5.75 Å². The molecule has 2 rings (SSSR count). The van der Waals surface area contributed by atoms with E-state index in [1.54, 1.807) is 30.1 Å². The van der Waals surface area contributed by atoms with E-state index in [0.717, 1.165) is 22.0 Å². The van der Waals surface area contributed by atoms with Crippen LogP contribution in [0.5, 0.6) is 0 Å². The monoisotopic (exact) mass is 248 g/mol. The molecule has 1 aromatic carbocycles. The summed E-state index contributed by atoms with van der Waals surface area (Å²) < 4.78 is 12.7. The summed E-state index contributed by atoms with van der Waals surface area (Å²) in [7, 11) is 1.86. The molecule has 0 saturated carbocycles. The fourth-order valence-corrected chi connectivity index (χ4v) is 2.36. The number of anilines is 1. The zero-order chi connectivity index (χ0) is 12.1. The molecule has 4 heteroatoms. The second-order valence-corrected chi connectivity index (χ2v) is 4.55. The summed E-state index contributed by atoms with van der Waals surface area (Å²) in [5.41, 5.74) is 1.14. The van der Waals surface area contributed by atoms with Gasteiger partial charge in [-0.1, -0.05) is 6.07 Å². The van der Waals surface area contributed by atoms with Crippen molar-refractivity contribution in [2.45, 2.75) is 10.6 Å². The summed E-state index contributed by atoms with van der Waals surface area (Å²) in [5, 5.41) is 3.06. The molecule has 0 atom stereocenters. The van der Waals surface area contributed by atoms with Gasteiger partial charge in [-0.25, -0.2) is 9.37 Å². The van der Waals surface area contributed by atoms with Gasteiger partial charge in [0.1, 0.15) is 11.6 Å². The number of thioether (sulfide) groups is 1. The summed E-state index contributed by atoms with van der Waals surface area (Å²) in [6.07, 6.45) is 1.76. The third-order valence-electron chi connectivity index (χ3n) is 2.34. The van der Waals surface area contributed by atoms with Crippen molar-refractivity contribution < 1.29 is 4.39 Å². The molecule has 0 aliphatic carbocycles. The van der Waals surface area contributed by atoms with Crippen molar-refractivity contribution in [2.75, 3.05) is 12.4 Å². The molecule has 0 radical (unpaired) electrons. The van der Waals surface area contributed by atoms with Gasteiger partial charge in [0.25, 0.3) is 0 Å². The molecule has 2 aromatic rings. The van der Waals surface area contributed by atoms with Crippen molar-refractivity contribution in [3.8, 4) is 0 Å². The summed E-state index contributed by atoms with van der Waals surface area (Å²) in [4.78, 5) is 5.29. The number of halogens is 1. The molecule has 0 amide bonds. The number of aromatic nitrogens is 1. The van der Waals surface area contributed by atoms with Crippen LogP contribution in [0, 0.1) is 5.82 Å². The highest BCUT2D eigenvalue weighted by molar-refractivity contribution is 7.98. The van der Waals surface area contributed by atoms with Crippen LogP contribution < -0.4 is 5.32 Å². The van der Waals surface area contributed by atoms with Crippen LogP contribution in [0.2, 0.25) is 0 Å². The fraction of sp³-hybridized carbons (Fsp3) is 0.154. The van der Waals surface area contributed by atoms with E-state index in [-0.39, 0.29) is 5.82 Å². The number of hydrogen-bond acceptors (Lipinski definition) is 3. The fourth-order valence-electron chi connectivity index (χ4n) is 1.47. The van der Waals surface area contributed by atoms with Gasteiger partial charge >= 0.3 is 0 Å². The van der Waals surface area contributed by atoms with E-state index in [1.165, 1.54) is 12.1 Å².